The molecule has 0 spiro atoms. The minimum atomic E-state index is -4.64. The average molecular weight is 222 g/mol. The van der Waals surface area contributed by atoms with E-state index in [1.54, 1.807) is 0 Å². The molecule has 80 valence electrons. The van der Waals surface area contributed by atoms with Crippen LogP contribution in [0.1, 0.15) is 13.8 Å². The zero-order valence-electron chi connectivity index (χ0n) is 6.91. The summed E-state index contributed by atoms with van der Waals surface area (Å²) in [7, 11) is -4.64. The van der Waals surface area contributed by atoms with Crippen LogP contribution in [0.2, 0.25) is 0 Å². The first-order valence-corrected chi connectivity index (χ1v) is 4.49. The van der Waals surface area contributed by atoms with Crippen LogP contribution in [-0.2, 0) is 4.57 Å². The summed E-state index contributed by atoms with van der Waals surface area (Å²) >= 11 is 0. The van der Waals surface area contributed by atoms with Gasteiger partial charge in [-0.15, -0.1) is 0 Å². The topological polar surface area (TPSA) is 77.8 Å². The highest BCUT2D eigenvalue weighted by molar-refractivity contribution is 7.45. The van der Waals surface area contributed by atoms with Crippen molar-refractivity contribution in [2.24, 2.45) is 0 Å². The Morgan fingerprint density at radius 1 is 1.23 bits per heavy atom. The number of allylic oxidation sites excluding steroid dienone is 2. The molecular weight excluding hydrogens is 212 g/mol. The van der Waals surface area contributed by atoms with Crippen LogP contribution in [0.15, 0.2) is 11.6 Å². The van der Waals surface area contributed by atoms with Crippen LogP contribution in [0.25, 0.3) is 0 Å². The van der Waals surface area contributed by atoms with E-state index in [0.717, 1.165) is 0 Å². The Morgan fingerprint density at radius 3 is 1.46 bits per heavy atom. The van der Waals surface area contributed by atoms with Crippen molar-refractivity contribution in [2.45, 2.75) is 20.0 Å². The zero-order valence-corrected chi connectivity index (χ0v) is 7.80. The first-order chi connectivity index (χ1) is 5.42. The summed E-state index contributed by atoms with van der Waals surface area (Å²) in [5, 5.41) is 0. The Kier molecular flexibility index (Phi) is 6.27. The van der Waals surface area contributed by atoms with Gasteiger partial charge in [0.25, 0.3) is 0 Å². The number of alkyl halides is 3. The SMILES string of the molecule is CC(C)=CC(F)(F)F.O=P(O)(O)O. The Morgan fingerprint density at radius 2 is 1.46 bits per heavy atom. The Balaban J connectivity index is 0. The van der Waals surface area contributed by atoms with Gasteiger partial charge in [0.15, 0.2) is 0 Å². The maximum absolute atomic E-state index is 11.2. The number of halogens is 3. The molecule has 0 fully saturated rings. The van der Waals surface area contributed by atoms with E-state index in [2.05, 4.69) is 0 Å². The van der Waals surface area contributed by atoms with E-state index in [9.17, 15) is 13.2 Å². The van der Waals surface area contributed by atoms with Crippen LogP contribution in [-0.4, -0.2) is 20.9 Å². The lowest BCUT2D eigenvalue weighted by molar-refractivity contribution is -0.0804. The quantitative estimate of drug-likeness (QED) is 0.429. The lowest BCUT2D eigenvalue weighted by Gasteiger charge is -1.97. The number of hydrogen-bond acceptors (Lipinski definition) is 1. The summed E-state index contributed by atoms with van der Waals surface area (Å²) in [6.07, 6.45) is -3.87. The lowest BCUT2D eigenvalue weighted by atomic mass is 10.3. The van der Waals surface area contributed by atoms with Gasteiger partial charge in [0.2, 0.25) is 0 Å². The molecule has 4 nitrogen and oxygen atoms in total. The Bertz CT molecular complexity index is 204. The number of rotatable bonds is 0. The molecule has 0 atom stereocenters. The van der Waals surface area contributed by atoms with Crippen LogP contribution in [0.3, 0.4) is 0 Å². The molecule has 0 aliphatic carbocycles. The van der Waals surface area contributed by atoms with Gasteiger partial charge in [-0.25, -0.2) is 4.57 Å². The van der Waals surface area contributed by atoms with Crippen molar-refractivity contribution < 1.29 is 32.4 Å². The fraction of sp³-hybridized carbons (Fsp3) is 0.600. The van der Waals surface area contributed by atoms with E-state index < -0.39 is 14.0 Å². The van der Waals surface area contributed by atoms with Crippen molar-refractivity contribution in [3.63, 3.8) is 0 Å². The molecule has 8 heteroatoms. The minimum Gasteiger partial charge on any atom is -0.303 e. The number of hydrogen-bond donors (Lipinski definition) is 3. The van der Waals surface area contributed by atoms with Crippen molar-refractivity contribution in [3.8, 4) is 0 Å². The van der Waals surface area contributed by atoms with Crippen molar-refractivity contribution in [2.75, 3.05) is 0 Å². The second kappa shape index (κ2) is 5.39. The van der Waals surface area contributed by atoms with Crippen molar-refractivity contribution in [3.05, 3.63) is 11.6 Å². The highest BCUT2D eigenvalue weighted by Gasteiger charge is 2.22. The molecule has 0 aliphatic heterocycles. The monoisotopic (exact) mass is 222 g/mol. The van der Waals surface area contributed by atoms with Crippen LogP contribution in [0.5, 0.6) is 0 Å². The third-order valence-corrected chi connectivity index (χ3v) is 0.452. The average Bonchev–Trinajstić information content (AvgIpc) is 1.47. The summed E-state index contributed by atoms with van der Waals surface area (Å²) in [6.45, 7) is 2.82. The Hall–Kier alpha value is -0.360. The summed E-state index contributed by atoms with van der Waals surface area (Å²) in [5.74, 6) is 0. The molecule has 0 aromatic carbocycles. The molecular formula is C5H10F3O4P. The van der Waals surface area contributed by atoms with Crippen molar-refractivity contribution >= 4 is 7.82 Å². The van der Waals surface area contributed by atoms with E-state index in [-0.39, 0.29) is 11.6 Å². The second-order valence-corrected chi connectivity index (χ2v) is 3.30. The summed E-state index contributed by atoms with van der Waals surface area (Å²) in [6, 6.07) is 0. The third kappa shape index (κ3) is 50.2. The van der Waals surface area contributed by atoms with Crippen LogP contribution >= 0.6 is 7.82 Å². The van der Waals surface area contributed by atoms with Gasteiger partial charge in [-0.05, 0) is 13.8 Å². The van der Waals surface area contributed by atoms with Gasteiger partial charge < -0.3 is 14.7 Å². The minimum absolute atomic E-state index is 0.271. The van der Waals surface area contributed by atoms with Crippen LogP contribution in [0.4, 0.5) is 13.2 Å². The smallest absolute Gasteiger partial charge is 0.303 e. The molecule has 0 aromatic rings. The van der Waals surface area contributed by atoms with Crippen molar-refractivity contribution in [1.29, 1.82) is 0 Å². The zero-order chi connectivity index (χ0) is 11.3. The van der Waals surface area contributed by atoms with Gasteiger partial charge in [0.05, 0.1) is 0 Å². The van der Waals surface area contributed by atoms with E-state index in [1.807, 2.05) is 0 Å². The number of phosphoric acid groups is 1. The largest absolute Gasteiger partial charge is 0.466 e. The fourth-order valence-electron chi connectivity index (χ4n) is 0.327. The van der Waals surface area contributed by atoms with Crippen LogP contribution < -0.4 is 0 Å². The normalized spacial score (nSPS) is 11.4. The first kappa shape index (κ1) is 15.1. The van der Waals surface area contributed by atoms with Gasteiger partial charge in [-0.1, -0.05) is 5.57 Å². The predicted octanol–water partition coefficient (Wildman–Crippen LogP) is 1.59. The van der Waals surface area contributed by atoms with E-state index in [0.29, 0.717) is 0 Å². The molecule has 13 heavy (non-hydrogen) atoms. The van der Waals surface area contributed by atoms with Gasteiger partial charge in [-0.3, -0.25) is 0 Å². The summed E-state index contributed by atoms with van der Waals surface area (Å²) in [4.78, 5) is 21.6. The molecule has 0 aromatic heterocycles. The standard InChI is InChI=1S/C5H7F3.H3O4P/c1-4(2)3-5(6,7)8;1-5(2,3)4/h3H,1-2H3;(H3,1,2,3,4). The molecule has 0 unspecified atom stereocenters. The highest BCUT2D eigenvalue weighted by atomic mass is 31.2. The summed E-state index contributed by atoms with van der Waals surface area (Å²) in [5.41, 5.74) is 0.275. The predicted molar refractivity (Wildman–Crippen MR) is 39.7 cm³/mol. The van der Waals surface area contributed by atoms with Gasteiger partial charge in [0.1, 0.15) is 0 Å². The van der Waals surface area contributed by atoms with E-state index >= 15 is 0 Å². The molecule has 0 radical (unpaired) electrons. The maximum atomic E-state index is 11.2. The van der Waals surface area contributed by atoms with Gasteiger partial charge in [-0.2, -0.15) is 13.2 Å². The first-order valence-electron chi connectivity index (χ1n) is 2.93. The molecule has 0 saturated carbocycles. The molecule has 0 amide bonds. The van der Waals surface area contributed by atoms with E-state index in [4.69, 9.17) is 19.2 Å². The molecule has 0 aliphatic rings. The highest BCUT2D eigenvalue weighted by Crippen LogP contribution is 2.25. The van der Waals surface area contributed by atoms with Crippen molar-refractivity contribution in [1.82, 2.24) is 0 Å². The third-order valence-electron chi connectivity index (χ3n) is 0.452. The second-order valence-electron chi connectivity index (χ2n) is 2.28. The van der Waals surface area contributed by atoms with Crippen LogP contribution in [0, 0.1) is 0 Å². The lowest BCUT2D eigenvalue weighted by Crippen LogP contribution is -2.01. The molecule has 0 bridgehead atoms. The maximum Gasteiger partial charge on any atom is 0.466 e. The molecule has 0 saturated heterocycles. The van der Waals surface area contributed by atoms with Gasteiger partial charge >= 0.3 is 14.0 Å². The fourth-order valence-corrected chi connectivity index (χ4v) is 0.327. The molecule has 3 N–H and O–H groups in total. The molecule has 0 rings (SSSR count). The summed E-state index contributed by atoms with van der Waals surface area (Å²) < 4.78 is 42.6. The van der Waals surface area contributed by atoms with Gasteiger partial charge in [0, 0.05) is 6.08 Å². The molecule has 0 heterocycles. The van der Waals surface area contributed by atoms with E-state index in [1.165, 1.54) is 13.8 Å². The Labute approximate surface area is 72.9 Å².